The molecule has 0 saturated carbocycles. The van der Waals surface area contributed by atoms with Gasteiger partial charge in [-0.05, 0) is 102 Å². The van der Waals surface area contributed by atoms with E-state index in [1.807, 2.05) is 6.92 Å². The highest BCUT2D eigenvalue weighted by atomic mass is 19.3. The number of alkyl halides is 10. The molecule has 3 atom stereocenters. The van der Waals surface area contributed by atoms with Crippen LogP contribution in [-0.4, -0.2) is 178 Å². The maximum absolute atomic E-state index is 14.3. The summed E-state index contributed by atoms with van der Waals surface area (Å²) in [4.78, 5) is 101. The van der Waals surface area contributed by atoms with E-state index in [0.29, 0.717) is 60.9 Å². The van der Waals surface area contributed by atoms with Gasteiger partial charge in [0.05, 0.1) is 68.5 Å². The van der Waals surface area contributed by atoms with E-state index in [1.54, 1.807) is 34.6 Å². The number of rotatable bonds is 35. The normalized spacial score (nSPS) is 12.5. The second-order valence-corrected chi connectivity index (χ2v) is 27.6. The van der Waals surface area contributed by atoms with Gasteiger partial charge in [0.15, 0.2) is 0 Å². The largest absolute Gasteiger partial charge is 0.399 e. The lowest BCUT2D eigenvalue weighted by molar-refractivity contribution is -0.0162. The summed E-state index contributed by atoms with van der Waals surface area (Å²) in [7, 11) is 5.65. The van der Waals surface area contributed by atoms with Crippen molar-refractivity contribution < 1.29 is 137 Å². The summed E-state index contributed by atoms with van der Waals surface area (Å²) in [5.74, 6) is -29.2. The summed E-state index contributed by atoms with van der Waals surface area (Å²) < 4.78 is 224. The fraction of sp³-hybridized carbons (Fsp3) is 0.395. The Morgan fingerprint density at radius 1 is 0.397 bits per heavy atom. The van der Waals surface area contributed by atoms with E-state index in [9.17, 15) is 89.8 Å². The first-order valence-electron chi connectivity index (χ1n) is 36.8. The third kappa shape index (κ3) is 31.2. The molecule has 3 unspecified atom stereocenters. The zero-order valence-electron chi connectivity index (χ0n) is 69.4. The molecule has 684 valence electrons. The number of carbonyl (C=O) groups excluding carboxylic acids is 5. The number of hydrogen-bond donors (Lipinski definition) is 9. The molecule has 5 heterocycles. The smallest absolute Gasteiger partial charge is 0.322 e. The van der Waals surface area contributed by atoms with Crippen LogP contribution in [0.3, 0.4) is 0 Å². The lowest BCUT2D eigenvalue weighted by Crippen LogP contribution is -2.50. The number of halogens is 15. The molecule has 0 aliphatic rings. The number of nitrogens with zero attached hydrogens (tertiary/aromatic N) is 11. The number of aromatic nitrogens is 10. The Labute approximate surface area is 706 Å². The number of hydroxylamine groups is 4. The second-order valence-electron chi connectivity index (χ2n) is 27.6. The van der Waals surface area contributed by atoms with Crippen molar-refractivity contribution in [3.63, 3.8) is 0 Å². The molecule has 0 spiro atoms. The topological polar surface area (TPSA) is 447 Å². The molecule has 0 fully saturated rings. The molecular weight excluding hydrogens is 1720 g/mol. The van der Waals surface area contributed by atoms with Crippen molar-refractivity contribution >= 4 is 35.8 Å². The predicted octanol–water partition coefficient (Wildman–Crippen LogP) is 12.2. The van der Waals surface area contributed by atoms with E-state index in [0.717, 1.165) is 30.3 Å². The van der Waals surface area contributed by atoms with Crippen molar-refractivity contribution in [2.24, 2.45) is 5.16 Å². The van der Waals surface area contributed by atoms with Crippen molar-refractivity contribution in [3.8, 4) is 56.9 Å². The van der Waals surface area contributed by atoms with Crippen LogP contribution in [0.1, 0.15) is 157 Å². The van der Waals surface area contributed by atoms with Gasteiger partial charge in [0.25, 0.3) is 59.0 Å². The maximum atomic E-state index is 14.3. The summed E-state index contributed by atoms with van der Waals surface area (Å²) in [6.07, 6.45) is 1.29. The number of oxime groups is 1. The molecule has 126 heavy (non-hydrogen) atoms. The van der Waals surface area contributed by atoms with E-state index < -0.39 is 123 Å². The molecule has 0 aliphatic carbocycles. The number of amides is 5. The molecule has 0 radical (unpaired) electrons. The molecule has 35 nitrogen and oxygen atoms in total. The summed E-state index contributed by atoms with van der Waals surface area (Å²) in [5, 5.41) is 33.2. The molecule has 0 bridgehead atoms. The Bertz CT molecular complexity index is 5280. The van der Waals surface area contributed by atoms with Gasteiger partial charge in [0.1, 0.15) is 36.2 Å². The third-order valence-electron chi connectivity index (χ3n) is 15.8. The average Bonchev–Trinajstić information content (AvgIpc) is 1.75. The summed E-state index contributed by atoms with van der Waals surface area (Å²) >= 11 is 0. The maximum Gasteiger partial charge on any atom is 0.322 e. The van der Waals surface area contributed by atoms with E-state index in [2.05, 4.69) is 137 Å². The van der Waals surface area contributed by atoms with E-state index >= 15 is 0 Å². The van der Waals surface area contributed by atoms with Crippen molar-refractivity contribution in [2.45, 2.75) is 129 Å². The van der Waals surface area contributed by atoms with Crippen LogP contribution in [-0.2, 0) is 53.8 Å². The lowest BCUT2D eigenvalue weighted by atomic mass is 10.0. The molecule has 9 N–H and O–H groups in total. The van der Waals surface area contributed by atoms with Gasteiger partial charge in [0, 0.05) is 112 Å². The van der Waals surface area contributed by atoms with Gasteiger partial charge in [0.2, 0.25) is 29.1 Å². The van der Waals surface area contributed by atoms with Crippen LogP contribution >= 0.6 is 0 Å². The number of hydrogen-bond acceptors (Lipinski definition) is 30. The first-order chi connectivity index (χ1) is 59.0. The van der Waals surface area contributed by atoms with Crippen molar-refractivity contribution in [3.05, 3.63) is 177 Å². The Kier molecular flexibility index (Phi) is 37.1. The van der Waals surface area contributed by atoms with Crippen LogP contribution in [0.2, 0.25) is 0 Å². The summed E-state index contributed by atoms with van der Waals surface area (Å²) in [6, 6.07) is 16.9. The van der Waals surface area contributed by atoms with Crippen LogP contribution in [0.5, 0.6) is 0 Å². The zero-order valence-corrected chi connectivity index (χ0v) is 69.4. The van der Waals surface area contributed by atoms with Crippen molar-refractivity contribution in [2.75, 3.05) is 67.8 Å². The zero-order chi connectivity index (χ0) is 93.8. The van der Waals surface area contributed by atoms with E-state index in [1.165, 1.54) is 95.3 Å². The first-order valence-corrected chi connectivity index (χ1v) is 36.8. The molecule has 5 aromatic heterocycles. The van der Waals surface area contributed by atoms with Crippen LogP contribution in [0.4, 0.5) is 65.9 Å². The fourth-order valence-electron chi connectivity index (χ4n) is 9.59. The van der Waals surface area contributed by atoms with Gasteiger partial charge >= 0.3 is 29.6 Å². The number of carbonyl (C=O) groups is 5. The van der Waals surface area contributed by atoms with Crippen LogP contribution < -0.4 is 48.5 Å². The Balaban J connectivity index is 0.000000243. The van der Waals surface area contributed by atoms with Gasteiger partial charge in [-0.15, -0.1) is 0 Å². The van der Waals surface area contributed by atoms with Gasteiger partial charge in [-0.1, -0.05) is 61.3 Å². The highest BCUT2D eigenvalue weighted by Crippen LogP contribution is 2.34. The minimum atomic E-state index is -3.30. The molecule has 0 saturated heterocycles. The quantitative estimate of drug-likeness (QED) is 0.00771. The van der Waals surface area contributed by atoms with E-state index in [-0.39, 0.29) is 116 Å². The molecular formula is C76H85F15N20O15. The Morgan fingerprint density at radius 2 is 0.690 bits per heavy atom. The molecule has 10 rings (SSSR count). The molecule has 5 amide bonds. The second kappa shape index (κ2) is 45.8. The lowest BCUT2D eigenvalue weighted by Gasteiger charge is -2.26. The Hall–Kier alpha value is -12.8. The number of benzene rings is 5. The molecule has 5 aromatic carbocycles. The minimum absolute atomic E-state index is 0.0493. The van der Waals surface area contributed by atoms with Gasteiger partial charge < -0.3 is 73.4 Å². The summed E-state index contributed by atoms with van der Waals surface area (Å²) in [6.45, 7) is 15.2. The third-order valence-corrected chi connectivity index (χ3v) is 15.8. The highest BCUT2D eigenvalue weighted by Gasteiger charge is 2.37. The molecule has 50 heteroatoms. The summed E-state index contributed by atoms with van der Waals surface area (Å²) in [5.41, 5.74) is 9.28. The van der Waals surface area contributed by atoms with Gasteiger partial charge in [-0.2, -0.15) is 74.3 Å². The Morgan fingerprint density at radius 3 is 0.960 bits per heavy atom. The molecule has 0 aliphatic heterocycles. The minimum Gasteiger partial charge on any atom is -0.399 e. The standard InChI is InChI=1S/2C16H19F3N4O3.2C15H17F3N4O3.C14H13F3N4O3/c1-15(2,8-20-25-4)22-13(24)10-6-5-9(7-11(10)17)12-21-14(26-23-12)16(3,18)19;1-4-25-20-8-9(2)21-14(24)11-6-5-10(7-12(11)17)13-22-15(26-23-13)16(3,18)19;1-8(7-19-24-3)20-13(23)10-5-4-9(6-11(10)16)12-21-14(25-22-12)15(2,17)18;1-8(21-24-3)7-19-13(23)10-5-4-9(6-11(10)16)12-20-14(25-22-12)15(2,17)18;1-14(16,17)13-20-11(21-24-13)8-3-4-9(10(15)7-8)12(22)18-5-6-19-23-2/h5-7,20H,8H2,1-4H3,(H,22,24);5-7,9,20H,4,8H2,1-3H3,(H,21,24);4-6,8,19H,7H2,1-3H3,(H,20,23);4-6,8,21H,7H2,1-3H3,(H,19,23);3-4,6-7H,5H2,1-2H3,(H,18,22)/b;;;;19-6+. The van der Waals surface area contributed by atoms with Crippen molar-refractivity contribution in [1.29, 1.82) is 0 Å². The highest BCUT2D eigenvalue weighted by molar-refractivity contribution is 5.98. The molecule has 10 aromatic rings. The van der Waals surface area contributed by atoms with Crippen LogP contribution in [0.15, 0.2) is 119 Å². The SMILES string of the molecule is CCONCC(C)NC(=O)c1ccc(-c2noc(C(C)(F)F)n2)cc1F.CO/N=C/CNC(=O)c1ccc(-c2noc(C(C)(F)F)n2)cc1F.CONC(C)CNC(=O)c1ccc(-c2noc(C(C)(F)F)n2)cc1F.CONCC(C)(C)NC(=O)c1ccc(-c2noc(C(C)(F)F)n2)cc1F.CONCC(C)NC(=O)c1ccc(-c2noc(C(C)(F)F)n2)cc1F. The predicted molar refractivity (Wildman–Crippen MR) is 411 cm³/mol. The van der Waals surface area contributed by atoms with Crippen LogP contribution in [0, 0.1) is 29.1 Å². The van der Waals surface area contributed by atoms with Gasteiger partial charge in [-0.25, -0.2) is 38.4 Å². The monoisotopic (exact) mass is 1800 g/mol. The van der Waals surface area contributed by atoms with Crippen LogP contribution in [0.25, 0.3) is 56.9 Å². The fourth-order valence-corrected chi connectivity index (χ4v) is 9.59. The van der Waals surface area contributed by atoms with E-state index in [4.69, 9.17) is 14.5 Å². The average molecular weight is 1800 g/mol. The van der Waals surface area contributed by atoms with Gasteiger partial charge in [-0.3, -0.25) is 24.0 Å². The number of nitrogens with one attached hydrogen (secondary N) is 9. The first kappa shape index (κ1) is 102. The van der Waals surface area contributed by atoms with Crippen molar-refractivity contribution in [1.82, 2.24) is 99.2 Å².